The number of hydrogen-bond donors (Lipinski definition) is 2. The number of methoxy groups -OCH3 is 1. The van der Waals surface area contributed by atoms with Gasteiger partial charge in [-0.15, -0.1) is 0 Å². The first-order valence-electron chi connectivity index (χ1n) is 6.50. The van der Waals surface area contributed by atoms with Crippen molar-refractivity contribution in [2.45, 2.75) is 6.04 Å². The third-order valence-corrected chi connectivity index (χ3v) is 3.21. The largest absolute Gasteiger partial charge is 0.497 e. The first kappa shape index (κ1) is 13.3. The summed E-state index contributed by atoms with van der Waals surface area (Å²) in [6.07, 6.45) is 3.41. The van der Waals surface area contributed by atoms with Gasteiger partial charge in [0.2, 0.25) is 0 Å². The van der Waals surface area contributed by atoms with E-state index in [-0.39, 0.29) is 6.04 Å². The van der Waals surface area contributed by atoms with Crippen molar-refractivity contribution >= 4 is 0 Å². The van der Waals surface area contributed by atoms with E-state index in [9.17, 15) is 0 Å². The molecule has 0 aliphatic heterocycles. The first-order chi connectivity index (χ1) is 10.3. The van der Waals surface area contributed by atoms with Gasteiger partial charge in [0.05, 0.1) is 13.2 Å². The molecule has 0 radical (unpaired) electrons. The summed E-state index contributed by atoms with van der Waals surface area (Å²) in [6.45, 7) is 0. The second kappa shape index (κ2) is 5.72. The summed E-state index contributed by atoms with van der Waals surface area (Å²) in [5.41, 5.74) is 8.05. The Bertz CT molecular complexity index is 708. The number of hydrogen-bond acceptors (Lipinski definition) is 5. The molecule has 3 aromatic rings. The molecule has 0 saturated carbocycles. The molecule has 6 heteroatoms. The Hall–Kier alpha value is -2.73. The quantitative estimate of drug-likeness (QED) is 0.762. The van der Waals surface area contributed by atoms with Gasteiger partial charge >= 0.3 is 0 Å². The summed E-state index contributed by atoms with van der Waals surface area (Å²) < 4.78 is 5.13. The number of benzene rings is 1. The van der Waals surface area contributed by atoms with E-state index in [1.54, 1.807) is 19.5 Å². The van der Waals surface area contributed by atoms with Crippen LogP contribution in [0.1, 0.15) is 17.4 Å². The predicted molar refractivity (Wildman–Crippen MR) is 78.6 cm³/mol. The maximum atomic E-state index is 6.21. The topological polar surface area (TPSA) is 89.7 Å². The fourth-order valence-electron chi connectivity index (χ4n) is 2.01. The van der Waals surface area contributed by atoms with Crippen molar-refractivity contribution in [1.29, 1.82) is 0 Å². The molecule has 21 heavy (non-hydrogen) atoms. The number of nitrogens with one attached hydrogen (secondary N) is 1. The van der Waals surface area contributed by atoms with Crippen molar-refractivity contribution < 1.29 is 4.74 Å². The lowest BCUT2D eigenvalue weighted by molar-refractivity contribution is 0.414. The second-order valence-corrected chi connectivity index (χ2v) is 4.53. The van der Waals surface area contributed by atoms with Gasteiger partial charge in [0.1, 0.15) is 11.6 Å². The normalized spacial score (nSPS) is 12.1. The zero-order valence-corrected chi connectivity index (χ0v) is 11.5. The molecule has 106 valence electrons. The minimum Gasteiger partial charge on any atom is -0.497 e. The molecule has 0 saturated heterocycles. The number of pyridine rings is 1. The van der Waals surface area contributed by atoms with E-state index in [0.717, 1.165) is 16.9 Å². The van der Waals surface area contributed by atoms with E-state index in [1.807, 2.05) is 36.4 Å². The molecule has 0 unspecified atom stereocenters. The number of nitrogens with zero attached hydrogens (tertiary/aromatic N) is 3. The monoisotopic (exact) mass is 281 g/mol. The van der Waals surface area contributed by atoms with Crippen molar-refractivity contribution in [2.75, 3.05) is 7.11 Å². The second-order valence-electron chi connectivity index (χ2n) is 4.53. The van der Waals surface area contributed by atoms with Crippen LogP contribution in [0.25, 0.3) is 11.4 Å². The third-order valence-electron chi connectivity index (χ3n) is 3.21. The molecule has 0 spiro atoms. The van der Waals surface area contributed by atoms with Gasteiger partial charge in [-0.3, -0.25) is 10.1 Å². The lowest BCUT2D eigenvalue weighted by atomic mass is 10.1. The number of aromatic amines is 1. The van der Waals surface area contributed by atoms with Gasteiger partial charge in [-0.2, -0.15) is 5.10 Å². The van der Waals surface area contributed by atoms with Gasteiger partial charge < -0.3 is 10.5 Å². The fourth-order valence-corrected chi connectivity index (χ4v) is 2.01. The highest BCUT2D eigenvalue weighted by Crippen LogP contribution is 2.21. The van der Waals surface area contributed by atoms with E-state index in [4.69, 9.17) is 10.5 Å². The van der Waals surface area contributed by atoms with E-state index in [0.29, 0.717) is 11.6 Å². The SMILES string of the molecule is COc1ccc([C@@H](N)c2nc(-c3ccncc3)n[nH]2)cc1. The average molecular weight is 281 g/mol. The summed E-state index contributed by atoms with van der Waals surface area (Å²) >= 11 is 0. The third kappa shape index (κ3) is 2.75. The Balaban J connectivity index is 1.85. The number of nitrogens with two attached hydrogens (primary N) is 1. The minimum atomic E-state index is -0.362. The average Bonchev–Trinajstić information content (AvgIpc) is 3.05. The van der Waals surface area contributed by atoms with Crippen LogP contribution in [0.2, 0.25) is 0 Å². The van der Waals surface area contributed by atoms with Crippen molar-refractivity contribution in [3.05, 3.63) is 60.2 Å². The molecule has 1 atom stereocenters. The smallest absolute Gasteiger partial charge is 0.181 e. The van der Waals surface area contributed by atoms with Crippen LogP contribution in [0.3, 0.4) is 0 Å². The molecule has 0 bridgehead atoms. The van der Waals surface area contributed by atoms with Crippen molar-refractivity contribution in [1.82, 2.24) is 20.2 Å². The molecule has 3 rings (SSSR count). The molecule has 0 aliphatic rings. The van der Waals surface area contributed by atoms with E-state index >= 15 is 0 Å². The predicted octanol–water partition coefficient (Wildman–Crippen LogP) is 1.92. The van der Waals surface area contributed by atoms with E-state index < -0.39 is 0 Å². The highest BCUT2D eigenvalue weighted by Gasteiger charge is 2.14. The van der Waals surface area contributed by atoms with Crippen LogP contribution in [0.5, 0.6) is 5.75 Å². The molecular formula is C15H15N5O. The fraction of sp³-hybridized carbons (Fsp3) is 0.133. The van der Waals surface area contributed by atoms with Gasteiger partial charge in [0, 0.05) is 18.0 Å². The number of H-pyrrole nitrogens is 1. The molecule has 0 aliphatic carbocycles. The summed E-state index contributed by atoms with van der Waals surface area (Å²) in [4.78, 5) is 8.42. The van der Waals surface area contributed by atoms with Gasteiger partial charge in [-0.05, 0) is 29.8 Å². The van der Waals surface area contributed by atoms with Gasteiger partial charge in [-0.25, -0.2) is 4.98 Å². The standard InChI is InChI=1S/C15H15N5O/c1-21-12-4-2-10(3-5-12)13(16)15-18-14(19-20-15)11-6-8-17-9-7-11/h2-9,13H,16H2,1H3,(H,18,19,20)/t13-/m1/s1. The Morgan fingerprint density at radius 3 is 2.48 bits per heavy atom. The van der Waals surface area contributed by atoms with Crippen LogP contribution in [-0.2, 0) is 0 Å². The molecule has 3 N–H and O–H groups in total. The lowest BCUT2D eigenvalue weighted by Gasteiger charge is -2.09. The maximum absolute atomic E-state index is 6.21. The molecule has 1 aromatic carbocycles. The molecular weight excluding hydrogens is 266 g/mol. The van der Waals surface area contributed by atoms with Crippen molar-refractivity contribution in [3.63, 3.8) is 0 Å². The summed E-state index contributed by atoms with van der Waals surface area (Å²) in [5.74, 6) is 2.02. The Labute approximate surface area is 122 Å². The first-order valence-corrected chi connectivity index (χ1v) is 6.50. The zero-order valence-electron chi connectivity index (χ0n) is 11.5. The van der Waals surface area contributed by atoms with Crippen LogP contribution in [0.15, 0.2) is 48.8 Å². The molecule has 2 heterocycles. The lowest BCUT2D eigenvalue weighted by Crippen LogP contribution is -2.13. The Kier molecular flexibility index (Phi) is 3.61. The zero-order chi connectivity index (χ0) is 14.7. The molecule has 0 amide bonds. The van der Waals surface area contributed by atoms with Crippen LogP contribution < -0.4 is 10.5 Å². The Morgan fingerprint density at radius 1 is 1.10 bits per heavy atom. The molecule has 0 fully saturated rings. The highest BCUT2D eigenvalue weighted by molar-refractivity contribution is 5.53. The van der Waals surface area contributed by atoms with Gasteiger partial charge in [0.15, 0.2) is 5.82 Å². The van der Waals surface area contributed by atoms with Crippen LogP contribution in [0.4, 0.5) is 0 Å². The van der Waals surface area contributed by atoms with Crippen LogP contribution in [0, 0.1) is 0 Å². The summed E-state index contributed by atoms with van der Waals surface area (Å²) in [5, 5.41) is 7.09. The number of aromatic nitrogens is 4. The van der Waals surface area contributed by atoms with Crippen molar-refractivity contribution in [3.8, 4) is 17.1 Å². The summed E-state index contributed by atoms with van der Waals surface area (Å²) in [7, 11) is 1.63. The van der Waals surface area contributed by atoms with Crippen molar-refractivity contribution in [2.24, 2.45) is 5.73 Å². The number of rotatable bonds is 4. The maximum Gasteiger partial charge on any atom is 0.181 e. The van der Waals surface area contributed by atoms with Crippen LogP contribution >= 0.6 is 0 Å². The van der Waals surface area contributed by atoms with E-state index in [1.165, 1.54) is 0 Å². The van der Waals surface area contributed by atoms with E-state index in [2.05, 4.69) is 20.2 Å². The van der Waals surface area contributed by atoms with Gasteiger partial charge in [0.25, 0.3) is 0 Å². The Morgan fingerprint density at radius 2 is 1.81 bits per heavy atom. The molecule has 6 nitrogen and oxygen atoms in total. The highest BCUT2D eigenvalue weighted by atomic mass is 16.5. The minimum absolute atomic E-state index is 0.362. The van der Waals surface area contributed by atoms with Gasteiger partial charge in [-0.1, -0.05) is 12.1 Å². The summed E-state index contributed by atoms with van der Waals surface area (Å²) in [6, 6.07) is 10.9. The van der Waals surface area contributed by atoms with Crippen LogP contribution in [-0.4, -0.2) is 27.3 Å². The molecule has 2 aromatic heterocycles. The number of ether oxygens (including phenoxy) is 1.